The molecule has 0 fully saturated rings. The van der Waals surface area contributed by atoms with Crippen LogP contribution in [0.1, 0.15) is 51.7 Å². The van der Waals surface area contributed by atoms with Crippen LogP contribution in [0.25, 0.3) is 0 Å². The SMILES string of the molecule is CCNC(=NCc1cccc(CS(=O)(=O)NC)c1)NC(C)CCCN(CC)CC.I. The van der Waals surface area contributed by atoms with Crippen LogP contribution in [0.4, 0.5) is 0 Å². The highest BCUT2D eigenvalue weighted by Crippen LogP contribution is 2.10. The molecule has 0 saturated heterocycles. The minimum atomic E-state index is -3.28. The number of guanidine groups is 1. The third kappa shape index (κ3) is 12.1. The van der Waals surface area contributed by atoms with Crippen molar-refractivity contribution in [2.45, 2.75) is 58.9 Å². The van der Waals surface area contributed by atoms with Gasteiger partial charge in [-0.2, -0.15) is 0 Å². The quantitative estimate of drug-likeness (QED) is 0.199. The second-order valence-corrected chi connectivity index (χ2v) is 9.12. The van der Waals surface area contributed by atoms with Gasteiger partial charge in [0.25, 0.3) is 0 Å². The molecule has 0 aliphatic rings. The minimum Gasteiger partial charge on any atom is -0.357 e. The van der Waals surface area contributed by atoms with Gasteiger partial charge in [0.2, 0.25) is 10.0 Å². The topological polar surface area (TPSA) is 85.8 Å². The highest BCUT2D eigenvalue weighted by atomic mass is 127. The Kier molecular flexibility index (Phi) is 15.3. The van der Waals surface area contributed by atoms with Crippen molar-refractivity contribution >= 4 is 40.0 Å². The van der Waals surface area contributed by atoms with E-state index in [1.54, 1.807) is 0 Å². The van der Waals surface area contributed by atoms with E-state index in [-0.39, 0.29) is 29.7 Å². The van der Waals surface area contributed by atoms with E-state index in [0.29, 0.717) is 12.6 Å². The van der Waals surface area contributed by atoms with Crippen LogP contribution in [0, 0.1) is 0 Å². The summed E-state index contributed by atoms with van der Waals surface area (Å²) in [4.78, 5) is 7.11. The number of hydrogen-bond acceptors (Lipinski definition) is 4. The Balaban J connectivity index is 0.00000841. The number of aliphatic imine (C=N–C) groups is 1. The zero-order chi connectivity index (χ0) is 21.7. The molecule has 1 rings (SSSR count). The number of halogens is 1. The number of nitrogens with one attached hydrogen (secondary N) is 3. The van der Waals surface area contributed by atoms with Gasteiger partial charge >= 0.3 is 0 Å². The normalized spacial score (nSPS) is 13.1. The Labute approximate surface area is 200 Å². The summed E-state index contributed by atoms with van der Waals surface area (Å²) >= 11 is 0. The second-order valence-electron chi connectivity index (χ2n) is 7.19. The van der Waals surface area contributed by atoms with Crippen LogP contribution in [0.3, 0.4) is 0 Å². The van der Waals surface area contributed by atoms with E-state index in [4.69, 9.17) is 0 Å². The van der Waals surface area contributed by atoms with Crippen LogP contribution in [0.15, 0.2) is 29.3 Å². The van der Waals surface area contributed by atoms with Crippen LogP contribution in [-0.4, -0.2) is 58.5 Å². The lowest BCUT2D eigenvalue weighted by Gasteiger charge is -2.21. The fraction of sp³-hybridized carbons (Fsp3) is 0.667. The number of hydrogen-bond donors (Lipinski definition) is 3. The first kappa shape index (κ1) is 29.1. The fourth-order valence-electron chi connectivity index (χ4n) is 3.07. The molecule has 30 heavy (non-hydrogen) atoms. The summed E-state index contributed by atoms with van der Waals surface area (Å²) in [6.07, 6.45) is 2.23. The van der Waals surface area contributed by atoms with Crippen molar-refractivity contribution in [1.29, 1.82) is 0 Å². The van der Waals surface area contributed by atoms with Crippen LogP contribution >= 0.6 is 24.0 Å². The van der Waals surface area contributed by atoms with Gasteiger partial charge in [-0.3, -0.25) is 0 Å². The second kappa shape index (κ2) is 15.8. The molecule has 1 atom stereocenters. The number of benzene rings is 1. The Bertz CT molecular complexity index is 724. The molecule has 9 heteroatoms. The van der Waals surface area contributed by atoms with Crippen molar-refractivity contribution in [2.24, 2.45) is 4.99 Å². The Hall–Kier alpha value is -0.910. The monoisotopic (exact) mass is 553 g/mol. The predicted octanol–water partition coefficient (Wildman–Crippen LogP) is 2.92. The molecule has 1 aromatic rings. The van der Waals surface area contributed by atoms with Crippen molar-refractivity contribution in [3.63, 3.8) is 0 Å². The van der Waals surface area contributed by atoms with Crippen LogP contribution in [0.2, 0.25) is 0 Å². The molecule has 1 aromatic carbocycles. The largest absolute Gasteiger partial charge is 0.357 e. The Morgan fingerprint density at radius 3 is 2.43 bits per heavy atom. The standard InChI is InChI=1S/C21H39N5O2S.HI/c1-6-23-21(25-18(4)11-10-14-26(7-2)8-3)24-16-19-12-9-13-20(15-19)17-29(27,28)22-5;/h9,12-13,15,18,22H,6-8,10-11,14,16-17H2,1-5H3,(H2,23,24,25);1H. The lowest BCUT2D eigenvalue weighted by atomic mass is 10.1. The maximum absolute atomic E-state index is 11.8. The van der Waals surface area contributed by atoms with Gasteiger partial charge in [0, 0.05) is 12.6 Å². The van der Waals surface area contributed by atoms with Gasteiger partial charge in [-0.15, -0.1) is 24.0 Å². The molecule has 0 amide bonds. The van der Waals surface area contributed by atoms with Gasteiger partial charge in [0.1, 0.15) is 0 Å². The molecule has 0 aromatic heterocycles. The molecule has 0 heterocycles. The molecule has 0 saturated carbocycles. The first-order valence-electron chi connectivity index (χ1n) is 10.6. The minimum absolute atomic E-state index is 0. The first-order chi connectivity index (χ1) is 13.8. The highest BCUT2D eigenvalue weighted by molar-refractivity contribution is 14.0. The number of rotatable bonds is 13. The van der Waals surface area contributed by atoms with E-state index in [9.17, 15) is 8.42 Å². The molecule has 1 unspecified atom stereocenters. The van der Waals surface area contributed by atoms with E-state index in [2.05, 4.69) is 46.0 Å². The molecule has 0 radical (unpaired) electrons. The van der Waals surface area contributed by atoms with Gasteiger partial charge in [-0.05, 0) is 64.5 Å². The van der Waals surface area contributed by atoms with Gasteiger partial charge in [0.05, 0.1) is 12.3 Å². The Morgan fingerprint density at radius 2 is 1.83 bits per heavy atom. The third-order valence-corrected chi connectivity index (χ3v) is 6.15. The van der Waals surface area contributed by atoms with E-state index >= 15 is 0 Å². The van der Waals surface area contributed by atoms with Gasteiger partial charge < -0.3 is 15.5 Å². The summed E-state index contributed by atoms with van der Waals surface area (Å²) in [7, 11) is -1.85. The van der Waals surface area contributed by atoms with Crippen molar-refractivity contribution < 1.29 is 8.42 Å². The summed E-state index contributed by atoms with van der Waals surface area (Å²) in [5, 5.41) is 6.76. The van der Waals surface area contributed by atoms with Crippen LogP contribution in [0.5, 0.6) is 0 Å². The van der Waals surface area contributed by atoms with Crippen molar-refractivity contribution in [2.75, 3.05) is 33.2 Å². The molecular formula is C21H40IN5O2S. The third-order valence-electron chi connectivity index (χ3n) is 4.81. The van der Waals surface area contributed by atoms with E-state index in [1.165, 1.54) is 7.05 Å². The van der Waals surface area contributed by atoms with Gasteiger partial charge in [-0.1, -0.05) is 38.1 Å². The average Bonchev–Trinajstić information content (AvgIpc) is 2.69. The van der Waals surface area contributed by atoms with E-state index in [0.717, 1.165) is 56.1 Å². The molecule has 174 valence electrons. The molecule has 0 aliphatic heterocycles. The van der Waals surface area contributed by atoms with Crippen LogP contribution in [-0.2, 0) is 22.3 Å². The number of sulfonamides is 1. The van der Waals surface area contributed by atoms with Crippen molar-refractivity contribution in [3.05, 3.63) is 35.4 Å². The van der Waals surface area contributed by atoms with Crippen LogP contribution < -0.4 is 15.4 Å². The molecular weight excluding hydrogens is 513 g/mol. The zero-order valence-electron chi connectivity index (χ0n) is 19.1. The molecule has 7 nitrogen and oxygen atoms in total. The first-order valence-corrected chi connectivity index (χ1v) is 12.2. The van der Waals surface area contributed by atoms with Gasteiger partial charge in [-0.25, -0.2) is 18.1 Å². The molecule has 3 N–H and O–H groups in total. The average molecular weight is 554 g/mol. The summed E-state index contributed by atoms with van der Waals surface area (Å²) in [6.45, 7) is 13.2. The summed E-state index contributed by atoms with van der Waals surface area (Å²) < 4.78 is 25.9. The van der Waals surface area contributed by atoms with E-state index < -0.39 is 10.0 Å². The molecule has 0 bridgehead atoms. The summed E-state index contributed by atoms with van der Waals surface area (Å²) in [5.74, 6) is 0.763. The Morgan fingerprint density at radius 1 is 1.17 bits per heavy atom. The molecule has 0 spiro atoms. The number of nitrogens with zero attached hydrogens (tertiary/aromatic N) is 2. The lowest BCUT2D eigenvalue weighted by molar-refractivity contribution is 0.292. The van der Waals surface area contributed by atoms with E-state index in [1.807, 2.05) is 31.2 Å². The highest BCUT2D eigenvalue weighted by Gasteiger charge is 2.09. The van der Waals surface area contributed by atoms with Crippen molar-refractivity contribution in [1.82, 2.24) is 20.3 Å². The smallest absolute Gasteiger partial charge is 0.215 e. The maximum atomic E-state index is 11.8. The summed E-state index contributed by atoms with van der Waals surface area (Å²) in [6, 6.07) is 7.90. The van der Waals surface area contributed by atoms with Crippen molar-refractivity contribution in [3.8, 4) is 0 Å². The van der Waals surface area contributed by atoms with Gasteiger partial charge in [0.15, 0.2) is 5.96 Å². The lowest BCUT2D eigenvalue weighted by Crippen LogP contribution is -2.42. The predicted molar refractivity (Wildman–Crippen MR) is 138 cm³/mol. The zero-order valence-corrected chi connectivity index (χ0v) is 22.2. The maximum Gasteiger partial charge on any atom is 0.215 e. The fourth-order valence-corrected chi connectivity index (χ4v) is 3.83. The summed E-state index contributed by atoms with van der Waals surface area (Å²) in [5.41, 5.74) is 1.75. The molecule has 0 aliphatic carbocycles.